The fourth-order valence-electron chi connectivity index (χ4n) is 1.89. The van der Waals surface area contributed by atoms with Gasteiger partial charge < -0.3 is 15.8 Å². The smallest absolute Gasteiger partial charge is 0.407 e. The Kier molecular flexibility index (Phi) is 3.97. The van der Waals surface area contributed by atoms with Crippen LogP contribution in [0.4, 0.5) is 4.79 Å². The van der Waals surface area contributed by atoms with Gasteiger partial charge in [-0.15, -0.1) is 0 Å². The van der Waals surface area contributed by atoms with Gasteiger partial charge in [-0.05, 0) is 52.5 Å². The molecule has 1 fully saturated rings. The molecule has 88 valence electrons. The van der Waals surface area contributed by atoms with E-state index in [4.69, 9.17) is 10.5 Å². The van der Waals surface area contributed by atoms with E-state index in [1.165, 1.54) is 0 Å². The van der Waals surface area contributed by atoms with E-state index in [1.807, 2.05) is 20.8 Å². The van der Waals surface area contributed by atoms with Gasteiger partial charge in [0, 0.05) is 6.04 Å². The first-order valence-electron chi connectivity index (χ1n) is 5.60. The molecular formula is C11H22N2O2. The van der Waals surface area contributed by atoms with E-state index >= 15 is 0 Å². The lowest BCUT2D eigenvalue weighted by molar-refractivity contribution is 0.0504. The summed E-state index contributed by atoms with van der Waals surface area (Å²) in [5.41, 5.74) is 5.16. The maximum Gasteiger partial charge on any atom is 0.407 e. The summed E-state index contributed by atoms with van der Waals surface area (Å²) in [7, 11) is 0. The molecule has 0 spiro atoms. The summed E-state index contributed by atoms with van der Waals surface area (Å²) in [4.78, 5) is 11.4. The highest BCUT2D eigenvalue weighted by Crippen LogP contribution is 2.24. The molecule has 4 nitrogen and oxygen atoms in total. The molecule has 1 aliphatic rings. The van der Waals surface area contributed by atoms with Gasteiger partial charge in [-0.3, -0.25) is 0 Å². The van der Waals surface area contributed by atoms with Crippen LogP contribution in [0.1, 0.15) is 40.0 Å². The SMILES string of the molecule is CC(C)(C)OC(=O)N[C@H]1CC[C@@H](CN)C1. The summed E-state index contributed by atoms with van der Waals surface area (Å²) in [6, 6.07) is 0.244. The van der Waals surface area contributed by atoms with Crippen LogP contribution in [-0.2, 0) is 4.74 Å². The van der Waals surface area contributed by atoms with Crippen molar-refractivity contribution in [3.63, 3.8) is 0 Å². The summed E-state index contributed by atoms with van der Waals surface area (Å²) >= 11 is 0. The molecule has 1 amide bonds. The molecule has 0 aromatic heterocycles. The lowest BCUT2D eigenvalue weighted by Gasteiger charge is -2.21. The Balaban J connectivity index is 2.28. The normalized spacial score (nSPS) is 26.4. The summed E-state index contributed by atoms with van der Waals surface area (Å²) < 4.78 is 5.19. The molecule has 0 unspecified atom stereocenters. The van der Waals surface area contributed by atoms with E-state index in [1.54, 1.807) is 0 Å². The number of amides is 1. The highest BCUT2D eigenvalue weighted by atomic mass is 16.6. The van der Waals surface area contributed by atoms with Crippen molar-refractivity contribution in [3.05, 3.63) is 0 Å². The van der Waals surface area contributed by atoms with Crippen LogP contribution < -0.4 is 11.1 Å². The third kappa shape index (κ3) is 4.51. The predicted molar refractivity (Wildman–Crippen MR) is 59.6 cm³/mol. The van der Waals surface area contributed by atoms with Crippen LogP contribution in [-0.4, -0.2) is 24.3 Å². The molecule has 0 heterocycles. The first-order chi connectivity index (χ1) is 6.90. The molecule has 0 aliphatic heterocycles. The molecule has 4 heteroatoms. The zero-order valence-corrected chi connectivity index (χ0v) is 9.88. The summed E-state index contributed by atoms with van der Waals surface area (Å²) in [6.45, 7) is 6.31. The Hall–Kier alpha value is -0.770. The Morgan fingerprint density at radius 2 is 2.13 bits per heavy atom. The lowest BCUT2D eigenvalue weighted by atomic mass is 10.1. The number of alkyl carbamates (subject to hydrolysis) is 1. The number of rotatable bonds is 2. The Labute approximate surface area is 91.5 Å². The number of ether oxygens (including phenoxy) is 1. The van der Waals surface area contributed by atoms with Gasteiger partial charge in [0.2, 0.25) is 0 Å². The second-order valence-electron chi connectivity index (χ2n) is 5.26. The van der Waals surface area contributed by atoms with E-state index in [0.29, 0.717) is 12.5 Å². The molecule has 3 N–H and O–H groups in total. The third-order valence-corrected chi connectivity index (χ3v) is 2.60. The number of hydrogen-bond acceptors (Lipinski definition) is 3. The largest absolute Gasteiger partial charge is 0.444 e. The number of nitrogens with one attached hydrogen (secondary N) is 1. The minimum Gasteiger partial charge on any atom is -0.444 e. The van der Waals surface area contributed by atoms with E-state index in [-0.39, 0.29) is 12.1 Å². The molecule has 1 saturated carbocycles. The van der Waals surface area contributed by atoms with Crippen molar-refractivity contribution in [3.8, 4) is 0 Å². The quantitative estimate of drug-likeness (QED) is 0.734. The van der Waals surface area contributed by atoms with Crippen molar-refractivity contribution in [2.24, 2.45) is 11.7 Å². The fraction of sp³-hybridized carbons (Fsp3) is 0.909. The fourth-order valence-corrected chi connectivity index (χ4v) is 1.89. The minimum absolute atomic E-state index is 0.244. The average molecular weight is 214 g/mol. The van der Waals surface area contributed by atoms with Crippen molar-refractivity contribution in [2.75, 3.05) is 6.54 Å². The average Bonchev–Trinajstić information content (AvgIpc) is 2.48. The van der Waals surface area contributed by atoms with E-state index < -0.39 is 5.60 Å². The van der Waals surface area contributed by atoms with Gasteiger partial charge in [0.25, 0.3) is 0 Å². The highest BCUT2D eigenvalue weighted by Gasteiger charge is 2.26. The van der Waals surface area contributed by atoms with Crippen molar-refractivity contribution in [1.82, 2.24) is 5.32 Å². The molecule has 0 saturated heterocycles. The Bertz CT molecular complexity index is 223. The van der Waals surface area contributed by atoms with Crippen LogP contribution in [0.25, 0.3) is 0 Å². The van der Waals surface area contributed by atoms with Crippen molar-refractivity contribution >= 4 is 6.09 Å². The zero-order chi connectivity index (χ0) is 11.5. The van der Waals surface area contributed by atoms with Crippen LogP contribution in [0.3, 0.4) is 0 Å². The van der Waals surface area contributed by atoms with Crippen molar-refractivity contribution < 1.29 is 9.53 Å². The first kappa shape index (κ1) is 12.3. The van der Waals surface area contributed by atoms with Gasteiger partial charge in [0.1, 0.15) is 5.60 Å². The van der Waals surface area contributed by atoms with Gasteiger partial charge in [-0.1, -0.05) is 0 Å². The van der Waals surface area contributed by atoms with Crippen LogP contribution in [0.5, 0.6) is 0 Å². The van der Waals surface area contributed by atoms with Crippen LogP contribution in [0.15, 0.2) is 0 Å². The zero-order valence-electron chi connectivity index (χ0n) is 9.88. The third-order valence-electron chi connectivity index (χ3n) is 2.60. The molecular weight excluding hydrogens is 192 g/mol. The Morgan fingerprint density at radius 3 is 2.60 bits per heavy atom. The maximum atomic E-state index is 11.4. The van der Waals surface area contributed by atoms with Gasteiger partial charge in [-0.25, -0.2) is 4.79 Å². The second-order valence-corrected chi connectivity index (χ2v) is 5.26. The molecule has 2 atom stereocenters. The molecule has 0 aromatic rings. The molecule has 1 aliphatic carbocycles. The van der Waals surface area contributed by atoms with Crippen LogP contribution >= 0.6 is 0 Å². The number of carbonyl (C=O) groups is 1. The van der Waals surface area contributed by atoms with E-state index in [9.17, 15) is 4.79 Å². The highest BCUT2D eigenvalue weighted by molar-refractivity contribution is 5.68. The van der Waals surface area contributed by atoms with Crippen LogP contribution in [0.2, 0.25) is 0 Å². The molecule has 15 heavy (non-hydrogen) atoms. The van der Waals surface area contributed by atoms with Crippen molar-refractivity contribution in [1.29, 1.82) is 0 Å². The van der Waals surface area contributed by atoms with Gasteiger partial charge >= 0.3 is 6.09 Å². The molecule has 0 radical (unpaired) electrons. The summed E-state index contributed by atoms with van der Waals surface area (Å²) in [5.74, 6) is 0.560. The summed E-state index contributed by atoms with van der Waals surface area (Å²) in [6.07, 6.45) is 2.79. The van der Waals surface area contributed by atoms with Gasteiger partial charge in [0.15, 0.2) is 0 Å². The summed E-state index contributed by atoms with van der Waals surface area (Å²) in [5, 5.41) is 2.88. The van der Waals surface area contributed by atoms with E-state index in [2.05, 4.69) is 5.32 Å². The molecule has 1 rings (SSSR count). The molecule has 0 bridgehead atoms. The van der Waals surface area contributed by atoms with E-state index in [0.717, 1.165) is 19.3 Å². The topological polar surface area (TPSA) is 64.3 Å². The number of hydrogen-bond donors (Lipinski definition) is 2. The second kappa shape index (κ2) is 4.84. The van der Waals surface area contributed by atoms with Crippen molar-refractivity contribution in [2.45, 2.75) is 51.7 Å². The number of nitrogens with two attached hydrogens (primary N) is 1. The molecule has 0 aromatic carbocycles. The van der Waals surface area contributed by atoms with Gasteiger partial charge in [-0.2, -0.15) is 0 Å². The minimum atomic E-state index is -0.421. The standard InChI is InChI=1S/C11H22N2O2/c1-11(2,3)15-10(14)13-9-5-4-8(6-9)7-12/h8-9H,4-7,12H2,1-3H3,(H,13,14)/t8-,9+/m1/s1. The maximum absolute atomic E-state index is 11.4. The number of carbonyl (C=O) groups excluding carboxylic acids is 1. The first-order valence-corrected chi connectivity index (χ1v) is 5.60. The van der Waals surface area contributed by atoms with Gasteiger partial charge in [0.05, 0.1) is 0 Å². The monoisotopic (exact) mass is 214 g/mol. The Morgan fingerprint density at radius 1 is 1.47 bits per heavy atom. The predicted octanol–water partition coefficient (Wildman–Crippen LogP) is 1.64. The lowest BCUT2D eigenvalue weighted by Crippen LogP contribution is -2.38. The van der Waals surface area contributed by atoms with Crippen LogP contribution in [0, 0.1) is 5.92 Å².